The number of allylic oxidation sites excluding steroid dienone is 18. The largest absolute Gasteiger partial charge is 0.472 e. The van der Waals surface area contributed by atoms with Crippen molar-refractivity contribution in [3.8, 4) is 0 Å². The summed E-state index contributed by atoms with van der Waals surface area (Å²) in [6, 6.07) is 0. The van der Waals surface area contributed by atoms with Crippen LogP contribution in [0, 0.1) is 0 Å². The second kappa shape index (κ2) is 57.1. The molecule has 3 N–H and O–H groups in total. The topological polar surface area (TPSA) is 117 Å². The fourth-order valence-electron chi connectivity index (χ4n) is 7.54. The van der Waals surface area contributed by atoms with Crippen molar-refractivity contribution in [1.29, 1.82) is 0 Å². The smallest absolute Gasteiger partial charge is 0.457 e. The maximum absolute atomic E-state index is 12.7. The first-order valence-corrected chi connectivity index (χ1v) is 29.9. The van der Waals surface area contributed by atoms with Gasteiger partial charge in [-0.05, 0) is 103 Å². The zero-order valence-corrected chi connectivity index (χ0v) is 45.9. The van der Waals surface area contributed by atoms with E-state index in [0.29, 0.717) is 13.0 Å². The lowest BCUT2D eigenvalue weighted by atomic mass is 10.0. The van der Waals surface area contributed by atoms with Gasteiger partial charge in [-0.15, -0.1) is 0 Å². The van der Waals surface area contributed by atoms with E-state index in [1.165, 1.54) is 109 Å². The summed E-state index contributed by atoms with van der Waals surface area (Å²) in [5, 5.41) is 0. The van der Waals surface area contributed by atoms with Crippen molar-refractivity contribution in [2.75, 3.05) is 33.0 Å². The van der Waals surface area contributed by atoms with E-state index in [-0.39, 0.29) is 32.3 Å². The molecule has 0 saturated heterocycles. The van der Waals surface area contributed by atoms with Crippen LogP contribution in [0.25, 0.3) is 0 Å². The molecule has 0 aliphatic heterocycles. The number of phosphoric ester groups is 1. The van der Waals surface area contributed by atoms with Crippen molar-refractivity contribution >= 4 is 13.8 Å². The molecule has 0 aliphatic rings. The molecular weight excluding hydrogens is 890 g/mol. The number of carbonyl (C=O) groups excluding carboxylic acids is 1. The van der Waals surface area contributed by atoms with E-state index in [1.54, 1.807) is 0 Å². The quantitative estimate of drug-likeness (QED) is 0.0268. The molecule has 0 bridgehead atoms. The van der Waals surface area contributed by atoms with Gasteiger partial charge in [0.05, 0.1) is 19.8 Å². The highest BCUT2D eigenvalue weighted by molar-refractivity contribution is 7.47. The first-order chi connectivity index (χ1) is 34.4. The minimum atomic E-state index is -4.30. The van der Waals surface area contributed by atoms with Crippen molar-refractivity contribution in [2.24, 2.45) is 5.73 Å². The highest BCUT2D eigenvalue weighted by atomic mass is 31.2. The second-order valence-electron chi connectivity index (χ2n) is 18.4. The van der Waals surface area contributed by atoms with Crippen molar-refractivity contribution in [3.05, 3.63) is 109 Å². The Morgan fingerprint density at radius 1 is 0.443 bits per heavy atom. The Balaban J connectivity index is 3.99. The predicted molar refractivity (Wildman–Crippen MR) is 302 cm³/mol. The Morgan fingerprint density at radius 3 is 1.20 bits per heavy atom. The molecule has 0 heterocycles. The van der Waals surface area contributed by atoms with Crippen LogP contribution in [-0.2, 0) is 27.9 Å². The highest BCUT2D eigenvalue weighted by Crippen LogP contribution is 2.43. The van der Waals surface area contributed by atoms with Gasteiger partial charge < -0.3 is 20.1 Å². The van der Waals surface area contributed by atoms with Crippen LogP contribution in [0.4, 0.5) is 0 Å². The Labute approximate surface area is 431 Å². The number of phosphoric acid groups is 1. The number of nitrogens with two attached hydrogens (primary N) is 1. The summed E-state index contributed by atoms with van der Waals surface area (Å²) >= 11 is 0. The van der Waals surface area contributed by atoms with Gasteiger partial charge in [0.1, 0.15) is 6.10 Å². The van der Waals surface area contributed by atoms with E-state index in [4.69, 9.17) is 24.3 Å². The summed E-state index contributed by atoms with van der Waals surface area (Å²) in [5.74, 6) is -0.343. The molecule has 0 aliphatic carbocycles. The van der Waals surface area contributed by atoms with Crippen LogP contribution >= 0.6 is 7.82 Å². The molecule has 0 amide bonds. The van der Waals surface area contributed by atoms with Gasteiger partial charge in [0, 0.05) is 19.6 Å². The molecule has 402 valence electrons. The Kier molecular flexibility index (Phi) is 54.8. The third-order valence-corrected chi connectivity index (χ3v) is 12.7. The van der Waals surface area contributed by atoms with Gasteiger partial charge >= 0.3 is 13.8 Å². The molecule has 0 fully saturated rings. The molecule has 2 atom stereocenters. The third-order valence-electron chi connectivity index (χ3n) is 11.7. The van der Waals surface area contributed by atoms with Crippen molar-refractivity contribution in [3.63, 3.8) is 0 Å². The summed E-state index contributed by atoms with van der Waals surface area (Å²) < 4.78 is 33.6. The number of carbonyl (C=O) groups is 1. The summed E-state index contributed by atoms with van der Waals surface area (Å²) in [7, 11) is -4.30. The van der Waals surface area contributed by atoms with Gasteiger partial charge in [0.25, 0.3) is 0 Å². The van der Waals surface area contributed by atoms with E-state index < -0.39 is 13.9 Å². The molecule has 0 saturated carbocycles. The molecule has 0 aromatic heterocycles. The van der Waals surface area contributed by atoms with E-state index >= 15 is 0 Å². The molecule has 0 radical (unpaired) electrons. The molecule has 8 nitrogen and oxygen atoms in total. The third kappa shape index (κ3) is 56.1. The minimum absolute atomic E-state index is 0.0901. The van der Waals surface area contributed by atoms with Crippen LogP contribution in [0.15, 0.2) is 109 Å². The Bertz CT molecular complexity index is 1440. The first kappa shape index (κ1) is 67.2. The van der Waals surface area contributed by atoms with Crippen LogP contribution in [0.1, 0.15) is 232 Å². The first-order valence-electron chi connectivity index (χ1n) is 28.4. The predicted octanol–water partition coefficient (Wildman–Crippen LogP) is 18.3. The van der Waals surface area contributed by atoms with Crippen LogP contribution in [0.2, 0.25) is 0 Å². The Hall–Kier alpha value is -2.84. The molecule has 0 spiro atoms. The van der Waals surface area contributed by atoms with Crippen LogP contribution in [-0.4, -0.2) is 49.9 Å². The number of hydrogen-bond donors (Lipinski definition) is 2. The fourth-order valence-corrected chi connectivity index (χ4v) is 8.30. The van der Waals surface area contributed by atoms with Gasteiger partial charge in [0.15, 0.2) is 0 Å². The molecule has 0 aromatic carbocycles. The zero-order valence-electron chi connectivity index (χ0n) is 45.0. The van der Waals surface area contributed by atoms with Crippen LogP contribution in [0.5, 0.6) is 0 Å². The van der Waals surface area contributed by atoms with E-state index in [1.807, 2.05) is 0 Å². The number of unbranched alkanes of at least 4 members (excludes halogenated alkanes) is 22. The van der Waals surface area contributed by atoms with Gasteiger partial charge in [-0.2, -0.15) is 0 Å². The van der Waals surface area contributed by atoms with Crippen LogP contribution < -0.4 is 5.73 Å². The number of ether oxygens (including phenoxy) is 2. The summed E-state index contributed by atoms with van der Waals surface area (Å²) in [5.41, 5.74) is 5.40. The van der Waals surface area contributed by atoms with Gasteiger partial charge in [0.2, 0.25) is 0 Å². The molecular formula is C61H106NO7P. The highest BCUT2D eigenvalue weighted by Gasteiger charge is 2.25. The van der Waals surface area contributed by atoms with Crippen molar-refractivity contribution < 1.29 is 32.8 Å². The summed E-state index contributed by atoms with van der Waals surface area (Å²) in [4.78, 5) is 22.7. The molecule has 9 heteroatoms. The van der Waals surface area contributed by atoms with Gasteiger partial charge in [-0.1, -0.05) is 232 Å². The number of rotatable bonds is 53. The second-order valence-corrected chi connectivity index (χ2v) is 19.9. The lowest BCUT2D eigenvalue weighted by Gasteiger charge is -2.20. The number of esters is 1. The lowest BCUT2D eigenvalue weighted by molar-refractivity contribution is -0.154. The van der Waals surface area contributed by atoms with E-state index in [9.17, 15) is 14.3 Å². The standard InChI is InChI=1S/C61H106NO7P/c1-3-5-7-9-11-13-15-17-19-21-23-25-27-29-31-33-35-37-39-41-43-45-47-49-51-53-56-66-58-60(59-68-70(64,65)67-57-55-62)69-61(63)54-52-50-48-46-44-42-40-38-36-34-32-30-28-26-24-22-20-18-16-14-12-10-8-6-4-2/h5,7,11,13,16-19,22-25,29,31,35,37,41,43,60H,3-4,6,8-10,12,14-15,20-21,26-28,30,32-34,36,38-40,42,44-59,62H2,1-2H3,(H,64,65)/b7-5-,13-11-,18-16-,19-17-,24-22-,25-23-,31-29-,37-35-,43-41-. The monoisotopic (exact) mass is 996 g/mol. The molecule has 70 heavy (non-hydrogen) atoms. The SMILES string of the molecule is CC/C=C\C/C=C\C/C=C\C/C=C\C/C=C\C/C=C\C/C=C\CCCCCCOCC(COP(=O)(O)OCCN)OC(=O)CCCCCCCCCCCCCCC/C=C\C/C=C\CCCCCCC. The fraction of sp³-hybridized carbons (Fsp3) is 0.689. The van der Waals surface area contributed by atoms with E-state index in [0.717, 1.165) is 103 Å². The normalized spacial score (nSPS) is 14.1. The average molecular weight is 996 g/mol. The zero-order chi connectivity index (χ0) is 50.8. The molecule has 0 aromatic rings. The number of hydrogen-bond acceptors (Lipinski definition) is 7. The minimum Gasteiger partial charge on any atom is -0.457 e. The van der Waals surface area contributed by atoms with Gasteiger partial charge in [-0.25, -0.2) is 4.57 Å². The average Bonchev–Trinajstić information content (AvgIpc) is 3.35. The Morgan fingerprint density at radius 2 is 0.800 bits per heavy atom. The van der Waals surface area contributed by atoms with Crippen molar-refractivity contribution in [1.82, 2.24) is 0 Å². The van der Waals surface area contributed by atoms with Gasteiger partial charge in [-0.3, -0.25) is 13.8 Å². The summed E-state index contributed by atoms with van der Waals surface area (Å²) in [6.45, 7) is 4.73. The maximum atomic E-state index is 12.7. The lowest BCUT2D eigenvalue weighted by Crippen LogP contribution is -2.28. The maximum Gasteiger partial charge on any atom is 0.472 e. The van der Waals surface area contributed by atoms with Crippen molar-refractivity contribution in [2.45, 2.75) is 238 Å². The van der Waals surface area contributed by atoms with E-state index in [2.05, 4.69) is 123 Å². The molecule has 0 rings (SSSR count). The summed E-state index contributed by atoms with van der Waals surface area (Å²) in [6.07, 6.45) is 78.5. The molecule has 2 unspecified atom stereocenters. The van der Waals surface area contributed by atoms with Crippen LogP contribution in [0.3, 0.4) is 0 Å².